The second-order valence-corrected chi connectivity index (χ2v) is 16.4. The fourth-order valence-electron chi connectivity index (χ4n) is 9.52. The number of ketones is 1. The lowest BCUT2D eigenvalue weighted by atomic mass is 9.44. The number of Topliss-reactive ketones (excluding diaryl/α,β-unsaturated/α-hetero) is 1. The minimum Gasteiger partial charge on any atom is -0.462 e. The van der Waals surface area contributed by atoms with Gasteiger partial charge in [-0.1, -0.05) is 27.7 Å². The van der Waals surface area contributed by atoms with Crippen molar-refractivity contribution in [2.75, 3.05) is 0 Å². The van der Waals surface area contributed by atoms with E-state index in [4.69, 9.17) is 4.74 Å². The number of carbonyl (C=O) groups is 3. The summed E-state index contributed by atoms with van der Waals surface area (Å²) in [6.07, 6.45) is 9.17. The third-order valence-electron chi connectivity index (χ3n) is 11.6. The van der Waals surface area contributed by atoms with Crippen LogP contribution in [0.25, 0.3) is 0 Å². The Morgan fingerprint density at radius 2 is 1.87 bits per heavy atom. The van der Waals surface area contributed by atoms with E-state index in [0.717, 1.165) is 42.3 Å². The molecule has 0 unspecified atom stereocenters. The molecule has 0 spiro atoms. The maximum absolute atomic E-state index is 13.2. The van der Waals surface area contributed by atoms with Crippen LogP contribution in [0.3, 0.4) is 0 Å². The topological polar surface area (TPSA) is 72.5 Å². The quantitative estimate of drug-likeness (QED) is 0.315. The summed E-state index contributed by atoms with van der Waals surface area (Å²) in [4.78, 5) is 39.0. The molecule has 4 aliphatic carbocycles. The van der Waals surface area contributed by atoms with Gasteiger partial charge >= 0.3 is 5.97 Å². The number of hydrogen-bond acceptors (Lipinski definition) is 5. The van der Waals surface area contributed by atoms with Crippen molar-refractivity contribution in [2.45, 2.75) is 111 Å². The zero-order chi connectivity index (χ0) is 28.1. The van der Waals surface area contributed by atoms with Gasteiger partial charge in [0.1, 0.15) is 11.9 Å². The highest BCUT2D eigenvalue weighted by Crippen LogP contribution is 2.68. The first-order valence-corrected chi connectivity index (χ1v) is 16.8. The number of halogens is 1. The Kier molecular flexibility index (Phi) is 8.43. The third kappa shape index (κ3) is 5.52. The van der Waals surface area contributed by atoms with Gasteiger partial charge in [-0.15, -0.1) is 11.3 Å². The molecule has 5 nitrogen and oxygen atoms in total. The first kappa shape index (κ1) is 29.3. The van der Waals surface area contributed by atoms with Gasteiger partial charge in [0.05, 0.1) is 9.83 Å². The highest BCUT2D eigenvalue weighted by Gasteiger charge is 2.63. The van der Waals surface area contributed by atoms with E-state index in [1.807, 2.05) is 0 Å². The highest BCUT2D eigenvalue weighted by molar-refractivity contribution is 9.11. The van der Waals surface area contributed by atoms with E-state index < -0.39 is 0 Å². The monoisotopic (exact) mass is 619 g/mol. The lowest BCUT2D eigenvalue weighted by molar-refractivity contribution is -0.188. The van der Waals surface area contributed by atoms with Gasteiger partial charge in [0.2, 0.25) is 5.91 Å². The van der Waals surface area contributed by atoms with Crippen LogP contribution in [0.15, 0.2) is 15.9 Å². The van der Waals surface area contributed by atoms with Crippen LogP contribution in [0.1, 0.15) is 110 Å². The molecular formula is C32H46BrNO4S. The molecular weight excluding hydrogens is 574 g/mol. The summed E-state index contributed by atoms with van der Waals surface area (Å²) < 4.78 is 7.16. The molecule has 9 atom stereocenters. The van der Waals surface area contributed by atoms with E-state index in [1.165, 1.54) is 18.2 Å². The van der Waals surface area contributed by atoms with Crippen LogP contribution in [0.2, 0.25) is 0 Å². The first-order valence-electron chi connectivity index (χ1n) is 15.2. The molecule has 0 saturated heterocycles. The number of carbonyl (C=O) groups excluding carboxylic acids is 3. The maximum Gasteiger partial charge on any atom is 0.302 e. The van der Waals surface area contributed by atoms with E-state index in [0.29, 0.717) is 60.6 Å². The summed E-state index contributed by atoms with van der Waals surface area (Å²) in [6.45, 7) is 10.8. The van der Waals surface area contributed by atoms with Gasteiger partial charge < -0.3 is 10.1 Å². The normalized spacial score (nSPS) is 38.5. The van der Waals surface area contributed by atoms with Crippen molar-refractivity contribution < 1.29 is 19.1 Å². The number of fused-ring (bicyclic) bond motifs is 5. The van der Waals surface area contributed by atoms with Crippen LogP contribution in [-0.2, 0) is 19.1 Å². The smallest absolute Gasteiger partial charge is 0.302 e. The van der Waals surface area contributed by atoms with Crippen LogP contribution in [0.4, 0.5) is 0 Å². The number of amides is 1. The highest BCUT2D eigenvalue weighted by atomic mass is 79.9. The van der Waals surface area contributed by atoms with Gasteiger partial charge in [0, 0.05) is 37.0 Å². The molecule has 1 aromatic rings. The molecule has 5 rings (SSSR count). The first-order chi connectivity index (χ1) is 18.4. The number of hydrogen-bond donors (Lipinski definition) is 1. The van der Waals surface area contributed by atoms with Crippen molar-refractivity contribution in [3.05, 3.63) is 20.8 Å². The molecule has 1 N–H and O–H groups in total. The number of rotatable bonds is 7. The van der Waals surface area contributed by atoms with Crippen LogP contribution < -0.4 is 5.32 Å². The summed E-state index contributed by atoms with van der Waals surface area (Å²) in [6, 6.07) is 4.20. The number of esters is 1. The minimum absolute atomic E-state index is 0.0407. The van der Waals surface area contributed by atoms with E-state index >= 15 is 0 Å². The molecule has 4 aliphatic rings. The van der Waals surface area contributed by atoms with Crippen LogP contribution >= 0.6 is 27.3 Å². The summed E-state index contributed by atoms with van der Waals surface area (Å²) in [5, 5.41) is 3.33. The Balaban J connectivity index is 1.29. The standard InChI is InChI=1S/C32H46BrNO4S/c1-18(2)30(26-9-10-27(33)39-26)34-28(37)11-7-20-6-8-23-29-24(13-15-31(20,23)4)32(5)14-12-22(36)16-21(32)17-25(29)38-19(3)35/h9-10,18,20-21,23-25,29-30H,6-8,11-17H2,1-5H3,(H,34,37)/t20-,21+,23+,24+,25-,29+,30-,31-,32+/m1/s1. The summed E-state index contributed by atoms with van der Waals surface area (Å²) in [5.74, 6) is 2.88. The van der Waals surface area contributed by atoms with Crippen molar-refractivity contribution in [1.82, 2.24) is 5.32 Å². The van der Waals surface area contributed by atoms with Crippen molar-refractivity contribution in [3.8, 4) is 0 Å². The van der Waals surface area contributed by atoms with E-state index in [2.05, 4.69) is 61.1 Å². The van der Waals surface area contributed by atoms with Crippen LogP contribution in [0.5, 0.6) is 0 Å². The third-order valence-corrected chi connectivity index (χ3v) is 13.3. The molecule has 4 fully saturated rings. The van der Waals surface area contributed by atoms with Crippen LogP contribution in [0, 0.1) is 46.3 Å². The van der Waals surface area contributed by atoms with Crippen molar-refractivity contribution in [3.63, 3.8) is 0 Å². The van der Waals surface area contributed by atoms with Gasteiger partial charge in [-0.3, -0.25) is 14.4 Å². The van der Waals surface area contributed by atoms with Crippen molar-refractivity contribution in [1.29, 1.82) is 0 Å². The number of nitrogens with one attached hydrogen (secondary N) is 1. The van der Waals surface area contributed by atoms with Gasteiger partial charge in [-0.25, -0.2) is 0 Å². The molecule has 7 heteroatoms. The molecule has 0 aromatic carbocycles. The largest absolute Gasteiger partial charge is 0.462 e. The second-order valence-electron chi connectivity index (χ2n) is 13.9. The predicted octanol–water partition coefficient (Wildman–Crippen LogP) is 7.87. The molecule has 0 radical (unpaired) electrons. The molecule has 4 saturated carbocycles. The van der Waals surface area contributed by atoms with Gasteiger partial charge in [-0.05, 0) is 113 Å². The molecule has 0 bridgehead atoms. The van der Waals surface area contributed by atoms with Crippen LogP contribution in [-0.4, -0.2) is 23.8 Å². The average Bonchev–Trinajstić information content (AvgIpc) is 3.44. The molecule has 39 heavy (non-hydrogen) atoms. The van der Waals surface area contributed by atoms with E-state index in [-0.39, 0.29) is 34.9 Å². The zero-order valence-electron chi connectivity index (χ0n) is 24.3. The lowest BCUT2D eigenvalue weighted by Gasteiger charge is -2.62. The molecule has 1 aromatic heterocycles. The van der Waals surface area contributed by atoms with Gasteiger partial charge in [0.25, 0.3) is 0 Å². The minimum atomic E-state index is -0.194. The molecule has 1 heterocycles. The van der Waals surface area contributed by atoms with E-state index in [9.17, 15) is 14.4 Å². The molecule has 216 valence electrons. The average molecular weight is 621 g/mol. The number of ether oxygens (including phenoxy) is 1. The summed E-state index contributed by atoms with van der Waals surface area (Å²) in [5.41, 5.74) is 0.334. The van der Waals surface area contributed by atoms with Crippen molar-refractivity contribution >= 4 is 44.9 Å². The lowest BCUT2D eigenvalue weighted by Crippen LogP contribution is -2.59. The Bertz CT molecular complexity index is 1100. The fraction of sp³-hybridized carbons (Fsp3) is 0.781. The van der Waals surface area contributed by atoms with Crippen molar-refractivity contribution in [2.24, 2.45) is 46.3 Å². The Labute approximate surface area is 246 Å². The van der Waals surface area contributed by atoms with E-state index in [1.54, 1.807) is 11.3 Å². The summed E-state index contributed by atoms with van der Waals surface area (Å²) >= 11 is 5.25. The second kappa shape index (κ2) is 11.2. The summed E-state index contributed by atoms with van der Waals surface area (Å²) in [7, 11) is 0. The zero-order valence-corrected chi connectivity index (χ0v) is 26.7. The molecule has 1 amide bonds. The molecule has 0 aliphatic heterocycles. The van der Waals surface area contributed by atoms with Gasteiger partial charge in [0.15, 0.2) is 0 Å². The van der Waals surface area contributed by atoms with Gasteiger partial charge in [-0.2, -0.15) is 0 Å². The fourth-order valence-corrected chi connectivity index (χ4v) is 11.2. The Morgan fingerprint density at radius 3 is 2.54 bits per heavy atom. The number of thiophene rings is 1. The Hall–Kier alpha value is -1.21. The Morgan fingerprint density at radius 1 is 1.13 bits per heavy atom. The maximum atomic E-state index is 13.2. The SMILES string of the molecule is CC(=O)O[C@@H]1C[C@@H]2CC(=O)CC[C@]2(C)[C@H]2CC[C@]3(C)[C@@H](CCC(=O)N[C@@H](c4ccc(Br)s4)C(C)C)CC[C@H]3[C@H]12. The predicted molar refractivity (Wildman–Crippen MR) is 158 cm³/mol.